The molecule has 2 aromatic rings. The van der Waals surface area contributed by atoms with E-state index in [1.165, 1.54) is 54.9 Å². The van der Waals surface area contributed by atoms with E-state index < -0.39 is 0 Å². The lowest BCUT2D eigenvalue weighted by Gasteiger charge is -2.38. The fraction of sp³-hybridized carbons (Fsp3) is 0.500. The molecule has 1 nitrogen and oxygen atoms in total. The number of hydrogen-bond acceptors (Lipinski definition) is 1. The first kappa shape index (κ1) is 13.3. The molecule has 2 atom stereocenters. The minimum absolute atomic E-state index is 0.0234. The van der Waals surface area contributed by atoms with Crippen LogP contribution in [0, 0.1) is 11.8 Å². The van der Waals surface area contributed by atoms with Crippen LogP contribution in [0.1, 0.15) is 44.1 Å². The van der Waals surface area contributed by atoms with E-state index in [1.807, 2.05) is 0 Å². The lowest BCUT2D eigenvalue weighted by atomic mass is 9.71. The first-order valence-electron chi connectivity index (χ1n) is 8.49. The summed E-state index contributed by atoms with van der Waals surface area (Å²) in [6, 6.07) is 15.4. The van der Waals surface area contributed by atoms with Gasteiger partial charge < -0.3 is 5.73 Å². The van der Waals surface area contributed by atoms with Crippen LogP contribution in [0.25, 0.3) is 10.8 Å². The molecule has 2 fully saturated rings. The summed E-state index contributed by atoms with van der Waals surface area (Å²) in [6.07, 6.45) is 9.11. The van der Waals surface area contributed by atoms with Crippen molar-refractivity contribution in [3.8, 4) is 0 Å². The third-order valence-corrected chi connectivity index (χ3v) is 5.63. The average molecular weight is 279 g/mol. The van der Waals surface area contributed by atoms with E-state index in [0.717, 1.165) is 18.3 Å². The molecule has 21 heavy (non-hydrogen) atoms. The van der Waals surface area contributed by atoms with Crippen LogP contribution in [0.2, 0.25) is 0 Å². The standard InChI is InChI=1S/C20H25N/c21-20(12-4-8-17(13-20)15-10-11-15)14-18-7-3-6-16-5-1-2-9-19(16)18/h1-3,5-7,9,15,17H,4,8,10-14,21H2. The Balaban J connectivity index is 1.61. The third-order valence-electron chi connectivity index (χ3n) is 5.63. The molecule has 0 radical (unpaired) electrons. The van der Waals surface area contributed by atoms with Crippen molar-refractivity contribution in [2.24, 2.45) is 17.6 Å². The smallest absolute Gasteiger partial charge is 0.0198 e. The summed E-state index contributed by atoms with van der Waals surface area (Å²) in [4.78, 5) is 0. The van der Waals surface area contributed by atoms with Gasteiger partial charge in [0.05, 0.1) is 0 Å². The van der Waals surface area contributed by atoms with Crippen molar-refractivity contribution in [1.82, 2.24) is 0 Å². The quantitative estimate of drug-likeness (QED) is 0.867. The second kappa shape index (κ2) is 5.14. The van der Waals surface area contributed by atoms with Crippen molar-refractivity contribution in [3.63, 3.8) is 0 Å². The minimum Gasteiger partial charge on any atom is -0.325 e. The maximum Gasteiger partial charge on any atom is 0.0198 e. The topological polar surface area (TPSA) is 26.0 Å². The minimum atomic E-state index is 0.0234. The second-order valence-electron chi connectivity index (χ2n) is 7.37. The molecule has 2 saturated carbocycles. The van der Waals surface area contributed by atoms with Crippen molar-refractivity contribution in [2.75, 3.05) is 0 Å². The molecule has 4 rings (SSSR count). The summed E-state index contributed by atoms with van der Waals surface area (Å²) < 4.78 is 0. The maximum atomic E-state index is 6.84. The molecule has 2 aromatic carbocycles. The Bertz CT molecular complexity index is 638. The van der Waals surface area contributed by atoms with Crippen LogP contribution < -0.4 is 5.73 Å². The predicted octanol–water partition coefficient (Wildman–Crippen LogP) is 4.68. The van der Waals surface area contributed by atoms with E-state index >= 15 is 0 Å². The van der Waals surface area contributed by atoms with E-state index in [0.29, 0.717) is 0 Å². The second-order valence-corrected chi connectivity index (χ2v) is 7.37. The average Bonchev–Trinajstić information content (AvgIpc) is 3.32. The summed E-state index contributed by atoms with van der Waals surface area (Å²) in [5.74, 6) is 1.90. The van der Waals surface area contributed by atoms with Crippen molar-refractivity contribution in [2.45, 2.75) is 50.5 Å². The van der Waals surface area contributed by atoms with Gasteiger partial charge in [0.25, 0.3) is 0 Å². The third kappa shape index (κ3) is 2.72. The highest BCUT2D eigenvalue weighted by Crippen LogP contribution is 2.46. The van der Waals surface area contributed by atoms with Gasteiger partial charge in [-0.25, -0.2) is 0 Å². The van der Waals surface area contributed by atoms with Crippen molar-refractivity contribution < 1.29 is 0 Å². The van der Waals surface area contributed by atoms with Crippen LogP contribution in [0.5, 0.6) is 0 Å². The molecule has 2 aliphatic carbocycles. The Morgan fingerprint density at radius 3 is 2.62 bits per heavy atom. The van der Waals surface area contributed by atoms with Crippen LogP contribution >= 0.6 is 0 Å². The SMILES string of the molecule is NC1(Cc2cccc3ccccc23)CCCC(C2CC2)C1. The highest BCUT2D eigenvalue weighted by atomic mass is 14.8. The van der Waals surface area contributed by atoms with Gasteiger partial charge in [-0.05, 0) is 60.3 Å². The fourth-order valence-corrected chi connectivity index (χ4v) is 4.40. The van der Waals surface area contributed by atoms with Crippen molar-refractivity contribution in [3.05, 3.63) is 48.0 Å². The zero-order valence-corrected chi connectivity index (χ0v) is 12.7. The van der Waals surface area contributed by atoms with Crippen LogP contribution in [-0.4, -0.2) is 5.54 Å². The van der Waals surface area contributed by atoms with Gasteiger partial charge in [0.15, 0.2) is 0 Å². The zero-order chi connectivity index (χ0) is 14.3. The molecule has 0 spiro atoms. The van der Waals surface area contributed by atoms with E-state index in [-0.39, 0.29) is 5.54 Å². The molecule has 0 aliphatic heterocycles. The highest BCUT2D eigenvalue weighted by molar-refractivity contribution is 5.85. The molecule has 0 aromatic heterocycles. The lowest BCUT2D eigenvalue weighted by Crippen LogP contribution is -2.46. The normalized spacial score (nSPS) is 29.7. The van der Waals surface area contributed by atoms with E-state index in [2.05, 4.69) is 42.5 Å². The fourth-order valence-electron chi connectivity index (χ4n) is 4.40. The van der Waals surface area contributed by atoms with Crippen molar-refractivity contribution >= 4 is 10.8 Å². The first-order valence-corrected chi connectivity index (χ1v) is 8.49. The molecule has 0 saturated heterocycles. The Labute approximate surface area is 127 Å². The summed E-state index contributed by atoms with van der Waals surface area (Å²) in [6.45, 7) is 0. The molecule has 2 unspecified atom stereocenters. The van der Waals surface area contributed by atoms with E-state index in [4.69, 9.17) is 5.73 Å². The molecule has 110 valence electrons. The molecular formula is C20H25N. The number of benzene rings is 2. The molecule has 0 bridgehead atoms. The highest BCUT2D eigenvalue weighted by Gasteiger charge is 2.40. The van der Waals surface area contributed by atoms with E-state index in [1.54, 1.807) is 0 Å². The largest absolute Gasteiger partial charge is 0.325 e. The molecular weight excluding hydrogens is 254 g/mol. The summed E-state index contributed by atoms with van der Waals surface area (Å²) >= 11 is 0. The maximum absolute atomic E-state index is 6.84. The Morgan fingerprint density at radius 2 is 1.76 bits per heavy atom. The monoisotopic (exact) mass is 279 g/mol. The molecule has 2 N–H and O–H groups in total. The number of fused-ring (bicyclic) bond motifs is 1. The lowest BCUT2D eigenvalue weighted by molar-refractivity contribution is 0.205. The zero-order valence-electron chi connectivity index (χ0n) is 12.7. The summed E-state index contributed by atoms with van der Waals surface area (Å²) in [5, 5.41) is 2.73. The predicted molar refractivity (Wildman–Crippen MR) is 89.3 cm³/mol. The summed E-state index contributed by atoms with van der Waals surface area (Å²) in [7, 11) is 0. The Hall–Kier alpha value is -1.34. The van der Waals surface area contributed by atoms with Crippen LogP contribution in [-0.2, 0) is 6.42 Å². The molecule has 0 amide bonds. The Morgan fingerprint density at radius 1 is 0.952 bits per heavy atom. The first-order chi connectivity index (χ1) is 10.2. The van der Waals surface area contributed by atoms with Gasteiger partial charge in [-0.15, -0.1) is 0 Å². The van der Waals surface area contributed by atoms with Gasteiger partial charge in [-0.3, -0.25) is 0 Å². The molecule has 1 heteroatoms. The van der Waals surface area contributed by atoms with Gasteiger partial charge in [-0.1, -0.05) is 55.3 Å². The van der Waals surface area contributed by atoms with E-state index in [9.17, 15) is 0 Å². The molecule has 2 aliphatic rings. The van der Waals surface area contributed by atoms with Gasteiger partial charge in [-0.2, -0.15) is 0 Å². The van der Waals surface area contributed by atoms with Crippen LogP contribution in [0.3, 0.4) is 0 Å². The summed E-state index contributed by atoms with van der Waals surface area (Å²) in [5.41, 5.74) is 8.30. The van der Waals surface area contributed by atoms with Crippen LogP contribution in [0.15, 0.2) is 42.5 Å². The van der Waals surface area contributed by atoms with Gasteiger partial charge >= 0.3 is 0 Å². The Kier molecular flexibility index (Phi) is 3.26. The number of nitrogens with two attached hydrogens (primary N) is 1. The number of hydrogen-bond donors (Lipinski definition) is 1. The van der Waals surface area contributed by atoms with Gasteiger partial charge in [0, 0.05) is 5.54 Å². The molecule has 0 heterocycles. The van der Waals surface area contributed by atoms with Gasteiger partial charge in [0.2, 0.25) is 0 Å². The van der Waals surface area contributed by atoms with Crippen LogP contribution in [0.4, 0.5) is 0 Å². The van der Waals surface area contributed by atoms with Crippen molar-refractivity contribution in [1.29, 1.82) is 0 Å². The van der Waals surface area contributed by atoms with Gasteiger partial charge in [0.1, 0.15) is 0 Å². The number of rotatable bonds is 3.